The van der Waals surface area contributed by atoms with Crippen molar-refractivity contribution in [3.05, 3.63) is 57.8 Å². The molecule has 3 rings (SSSR count). The van der Waals surface area contributed by atoms with E-state index in [4.69, 9.17) is 5.73 Å². The van der Waals surface area contributed by atoms with Gasteiger partial charge < -0.3 is 11.1 Å². The molecule has 110 valence electrons. The second kappa shape index (κ2) is 5.62. The molecule has 0 spiro atoms. The zero-order chi connectivity index (χ0) is 14.9. The molecule has 21 heavy (non-hydrogen) atoms. The maximum Gasteiger partial charge on any atom is 0.244 e. The van der Waals surface area contributed by atoms with Crippen LogP contribution >= 0.6 is 11.3 Å². The van der Waals surface area contributed by atoms with Crippen molar-refractivity contribution in [2.75, 3.05) is 0 Å². The van der Waals surface area contributed by atoms with Crippen LogP contribution in [-0.4, -0.2) is 5.91 Å². The molecule has 0 saturated carbocycles. The standard InChI is InChI=1S/C17H20N2OS/c1-17(18,12-6-3-2-4-7-12)16(20)19-14-8-5-9-15-13(14)10-11-21-15/h2-4,6-7,10-11,14H,5,8-9,18H2,1H3,(H,19,20). The average molecular weight is 300 g/mol. The smallest absolute Gasteiger partial charge is 0.244 e. The number of carbonyl (C=O) groups excluding carboxylic acids is 1. The highest BCUT2D eigenvalue weighted by atomic mass is 32.1. The van der Waals surface area contributed by atoms with Crippen LogP contribution in [0.5, 0.6) is 0 Å². The van der Waals surface area contributed by atoms with Crippen LogP contribution < -0.4 is 11.1 Å². The van der Waals surface area contributed by atoms with E-state index in [1.807, 2.05) is 30.3 Å². The van der Waals surface area contributed by atoms with E-state index in [1.165, 1.54) is 10.4 Å². The van der Waals surface area contributed by atoms with Crippen LogP contribution in [0.2, 0.25) is 0 Å². The zero-order valence-corrected chi connectivity index (χ0v) is 13.0. The molecule has 4 heteroatoms. The van der Waals surface area contributed by atoms with Gasteiger partial charge >= 0.3 is 0 Å². The minimum absolute atomic E-state index is 0.0964. The molecule has 0 radical (unpaired) electrons. The summed E-state index contributed by atoms with van der Waals surface area (Å²) in [7, 11) is 0. The Labute approximate surface area is 129 Å². The van der Waals surface area contributed by atoms with Crippen molar-refractivity contribution in [1.82, 2.24) is 5.32 Å². The first kappa shape index (κ1) is 14.3. The maximum absolute atomic E-state index is 12.6. The molecule has 0 bridgehead atoms. The molecule has 1 aromatic heterocycles. The lowest BCUT2D eigenvalue weighted by Crippen LogP contribution is -2.50. The number of nitrogens with one attached hydrogen (secondary N) is 1. The zero-order valence-electron chi connectivity index (χ0n) is 12.1. The van der Waals surface area contributed by atoms with Crippen molar-refractivity contribution < 1.29 is 4.79 Å². The lowest BCUT2D eigenvalue weighted by atomic mass is 9.89. The fraction of sp³-hybridized carbons (Fsp3) is 0.353. The first-order valence-electron chi connectivity index (χ1n) is 7.30. The number of thiophene rings is 1. The lowest BCUT2D eigenvalue weighted by molar-refractivity contribution is -0.127. The number of aryl methyl sites for hydroxylation is 1. The topological polar surface area (TPSA) is 55.1 Å². The SMILES string of the molecule is CC(N)(C(=O)NC1CCCc2sccc21)c1ccccc1. The Balaban J connectivity index is 1.79. The highest BCUT2D eigenvalue weighted by Gasteiger charge is 2.33. The van der Waals surface area contributed by atoms with E-state index in [2.05, 4.69) is 16.8 Å². The summed E-state index contributed by atoms with van der Waals surface area (Å²) < 4.78 is 0. The molecule has 1 aliphatic carbocycles. The third-order valence-corrected chi connectivity index (χ3v) is 5.20. The Morgan fingerprint density at radius 3 is 2.86 bits per heavy atom. The van der Waals surface area contributed by atoms with E-state index in [0.717, 1.165) is 24.8 Å². The van der Waals surface area contributed by atoms with Crippen LogP contribution in [-0.2, 0) is 16.8 Å². The highest BCUT2D eigenvalue weighted by Crippen LogP contribution is 2.33. The van der Waals surface area contributed by atoms with Crippen LogP contribution in [0.4, 0.5) is 0 Å². The molecule has 2 atom stereocenters. The molecule has 3 N–H and O–H groups in total. The van der Waals surface area contributed by atoms with E-state index in [9.17, 15) is 4.79 Å². The number of benzene rings is 1. The van der Waals surface area contributed by atoms with Crippen LogP contribution in [0.3, 0.4) is 0 Å². The number of hydrogen-bond donors (Lipinski definition) is 2. The van der Waals surface area contributed by atoms with Crippen molar-refractivity contribution in [2.24, 2.45) is 5.73 Å². The van der Waals surface area contributed by atoms with Crippen molar-refractivity contribution in [3.8, 4) is 0 Å². The summed E-state index contributed by atoms with van der Waals surface area (Å²) in [5, 5.41) is 5.25. The predicted molar refractivity (Wildman–Crippen MR) is 86.1 cm³/mol. The first-order valence-corrected chi connectivity index (χ1v) is 8.18. The monoisotopic (exact) mass is 300 g/mol. The van der Waals surface area contributed by atoms with Gasteiger partial charge in [-0.25, -0.2) is 0 Å². The number of fused-ring (bicyclic) bond motifs is 1. The normalized spacial score (nSPS) is 20.4. The Kier molecular flexibility index (Phi) is 3.83. The van der Waals surface area contributed by atoms with Gasteiger partial charge in [-0.05, 0) is 48.8 Å². The molecule has 2 unspecified atom stereocenters. The molecular weight excluding hydrogens is 280 g/mol. The number of carbonyl (C=O) groups is 1. The summed E-state index contributed by atoms with van der Waals surface area (Å²) in [5.74, 6) is -0.113. The lowest BCUT2D eigenvalue weighted by Gasteiger charge is -2.29. The molecule has 1 amide bonds. The fourth-order valence-corrected chi connectivity index (χ4v) is 3.85. The van der Waals surface area contributed by atoms with Gasteiger partial charge in [0.25, 0.3) is 0 Å². The van der Waals surface area contributed by atoms with Crippen molar-refractivity contribution in [2.45, 2.75) is 37.8 Å². The molecule has 1 heterocycles. The molecular formula is C17H20N2OS. The minimum atomic E-state index is -1.01. The molecule has 2 aromatic rings. The summed E-state index contributed by atoms with van der Waals surface area (Å²) in [4.78, 5) is 14.0. The van der Waals surface area contributed by atoms with Gasteiger partial charge in [0.2, 0.25) is 5.91 Å². The fourth-order valence-electron chi connectivity index (χ4n) is 2.86. The average Bonchev–Trinajstić information content (AvgIpc) is 2.97. The van der Waals surface area contributed by atoms with Crippen LogP contribution in [0.15, 0.2) is 41.8 Å². The maximum atomic E-state index is 12.6. The van der Waals surface area contributed by atoms with Gasteiger partial charge in [0.05, 0.1) is 6.04 Å². The predicted octanol–water partition coefficient (Wildman–Crippen LogP) is 3.12. The molecule has 3 nitrogen and oxygen atoms in total. The Morgan fingerprint density at radius 2 is 2.10 bits per heavy atom. The van der Waals surface area contributed by atoms with E-state index >= 15 is 0 Å². The number of hydrogen-bond acceptors (Lipinski definition) is 3. The molecule has 0 saturated heterocycles. The van der Waals surface area contributed by atoms with E-state index < -0.39 is 5.54 Å². The molecule has 1 aliphatic rings. The quantitative estimate of drug-likeness (QED) is 0.915. The Hall–Kier alpha value is -1.65. The van der Waals surface area contributed by atoms with Crippen LogP contribution in [0.1, 0.15) is 41.8 Å². The van der Waals surface area contributed by atoms with Gasteiger partial charge in [-0.15, -0.1) is 11.3 Å². The highest BCUT2D eigenvalue weighted by molar-refractivity contribution is 7.10. The minimum Gasteiger partial charge on any atom is -0.347 e. The van der Waals surface area contributed by atoms with Crippen molar-refractivity contribution in [3.63, 3.8) is 0 Å². The summed E-state index contributed by atoms with van der Waals surface area (Å²) in [5.41, 5.74) is 7.38. The van der Waals surface area contributed by atoms with E-state index in [1.54, 1.807) is 18.3 Å². The summed E-state index contributed by atoms with van der Waals surface area (Å²) in [6, 6.07) is 11.8. The largest absolute Gasteiger partial charge is 0.347 e. The summed E-state index contributed by atoms with van der Waals surface area (Å²) in [6.07, 6.45) is 3.23. The van der Waals surface area contributed by atoms with Gasteiger partial charge in [0.15, 0.2) is 0 Å². The van der Waals surface area contributed by atoms with Gasteiger partial charge in [-0.3, -0.25) is 4.79 Å². The molecule has 0 aliphatic heterocycles. The van der Waals surface area contributed by atoms with Gasteiger partial charge in [0, 0.05) is 4.88 Å². The Bertz CT molecular complexity index is 633. The van der Waals surface area contributed by atoms with Crippen LogP contribution in [0, 0.1) is 0 Å². The number of rotatable bonds is 3. The van der Waals surface area contributed by atoms with E-state index in [0.29, 0.717) is 0 Å². The molecule has 0 fully saturated rings. The van der Waals surface area contributed by atoms with Crippen molar-refractivity contribution >= 4 is 17.2 Å². The third-order valence-electron chi connectivity index (χ3n) is 4.20. The van der Waals surface area contributed by atoms with Gasteiger partial charge in [0.1, 0.15) is 5.54 Å². The third kappa shape index (κ3) is 2.74. The number of nitrogens with two attached hydrogens (primary N) is 1. The second-order valence-electron chi connectivity index (χ2n) is 5.79. The van der Waals surface area contributed by atoms with Gasteiger partial charge in [-0.2, -0.15) is 0 Å². The second-order valence-corrected chi connectivity index (χ2v) is 6.79. The summed E-state index contributed by atoms with van der Waals surface area (Å²) >= 11 is 1.78. The van der Waals surface area contributed by atoms with Crippen LogP contribution in [0.25, 0.3) is 0 Å². The number of amides is 1. The van der Waals surface area contributed by atoms with Crippen molar-refractivity contribution in [1.29, 1.82) is 0 Å². The molecule has 1 aromatic carbocycles. The first-order chi connectivity index (χ1) is 10.1. The van der Waals surface area contributed by atoms with E-state index in [-0.39, 0.29) is 11.9 Å². The van der Waals surface area contributed by atoms with Gasteiger partial charge in [-0.1, -0.05) is 30.3 Å². The summed E-state index contributed by atoms with van der Waals surface area (Å²) in [6.45, 7) is 1.77. The Morgan fingerprint density at radius 1 is 1.33 bits per heavy atom.